The molecule has 1 fully saturated rings. The van der Waals surface area contributed by atoms with Gasteiger partial charge in [0, 0.05) is 49.2 Å². The zero-order valence-corrected chi connectivity index (χ0v) is 23.8. The minimum absolute atomic E-state index is 0.227. The number of anilines is 3. The van der Waals surface area contributed by atoms with Gasteiger partial charge in [-0.1, -0.05) is 42.5 Å². The van der Waals surface area contributed by atoms with Crippen molar-refractivity contribution in [1.29, 1.82) is 0 Å². The number of carbonyl (C=O) groups is 1. The van der Waals surface area contributed by atoms with Crippen LogP contribution < -0.4 is 20.3 Å². The fourth-order valence-electron chi connectivity index (χ4n) is 5.52. The molecule has 8 heteroatoms. The molecule has 2 aliphatic rings. The number of ketones is 1. The van der Waals surface area contributed by atoms with Crippen LogP contribution in [0.15, 0.2) is 85.1 Å². The van der Waals surface area contributed by atoms with Crippen molar-refractivity contribution < 1.29 is 14.3 Å². The Balaban J connectivity index is 1.33. The molecule has 0 spiro atoms. The van der Waals surface area contributed by atoms with E-state index >= 15 is 0 Å². The molecule has 42 heavy (non-hydrogen) atoms. The lowest BCUT2D eigenvalue weighted by Gasteiger charge is -2.31. The lowest BCUT2D eigenvalue weighted by atomic mass is 9.98. The molecule has 3 aromatic carbocycles. The van der Waals surface area contributed by atoms with Gasteiger partial charge in [-0.15, -0.1) is 0 Å². The van der Waals surface area contributed by atoms with Crippen LogP contribution in [-0.4, -0.2) is 54.7 Å². The lowest BCUT2D eigenvalue weighted by molar-refractivity contribution is -0.121. The van der Waals surface area contributed by atoms with E-state index in [-0.39, 0.29) is 11.8 Å². The van der Waals surface area contributed by atoms with Gasteiger partial charge in [0.05, 0.1) is 31.6 Å². The Morgan fingerprint density at radius 2 is 1.79 bits per heavy atom. The summed E-state index contributed by atoms with van der Waals surface area (Å²) in [5.74, 6) is 1.54. The minimum Gasteiger partial charge on any atom is -0.494 e. The van der Waals surface area contributed by atoms with Gasteiger partial charge in [-0.2, -0.15) is 0 Å². The molecule has 6 bridgehead atoms. The SMILES string of the molecule is O=C1CCCCOc2cccc(c2)-c2ccnc(n2)Nc2ccc(N3CCOCC3)c(c2)CN[C@H]1Cc1ccccc1. The first kappa shape index (κ1) is 27.9. The van der Waals surface area contributed by atoms with Crippen molar-refractivity contribution in [3.05, 3.63) is 96.2 Å². The van der Waals surface area contributed by atoms with Gasteiger partial charge in [-0.25, -0.2) is 9.97 Å². The number of rotatable bonds is 3. The summed E-state index contributed by atoms with van der Waals surface area (Å²) in [5, 5.41) is 7.04. The lowest BCUT2D eigenvalue weighted by Crippen LogP contribution is -2.40. The molecule has 6 rings (SSSR count). The van der Waals surface area contributed by atoms with E-state index in [0.717, 1.165) is 65.4 Å². The zero-order valence-electron chi connectivity index (χ0n) is 23.8. The predicted octanol–water partition coefficient (Wildman–Crippen LogP) is 5.56. The second-order valence-corrected chi connectivity index (χ2v) is 10.8. The van der Waals surface area contributed by atoms with Crippen LogP contribution in [0.4, 0.5) is 17.3 Å². The van der Waals surface area contributed by atoms with Crippen molar-refractivity contribution in [2.24, 2.45) is 0 Å². The second kappa shape index (κ2) is 13.6. The van der Waals surface area contributed by atoms with Crippen LogP contribution in [0.3, 0.4) is 0 Å². The quantitative estimate of drug-likeness (QED) is 0.335. The predicted molar refractivity (Wildman–Crippen MR) is 165 cm³/mol. The molecule has 0 amide bonds. The Bertz CT molecular complexity index is 1490. The Hall–Kier alpha value is -4.27. The van der Waals surface area contributed by atoms with Crippen molar-refractivity contribution >= 4 is 23.1 Å². The van der Waals surface area contributed by atoms with Gasteiger partial charge in [0.15, 0.2) is 0 Å². The normalized spacial score (nSPS) is 18.1. The van der Waals surface area contributed by atoms with Gasteiger partial charge in [-0.3, -0.25) is 4.79 Å². The summed E-state index contributed by atoms with van der Waals surface area (Å²) in [7, 11) is 0. The van der Waals surface area contributed by atoms with Gasteiger partial charge in [-0.05, 0) is 66.8 Å². The molecular weight excluding hydrogens is 526 g/mol. The molecule has 1 saturated heterocycles. The number of nitrogens with one attached hydrogen (secondary N) is 2. The summed E-state index contributed by atoms with van der Waals surface area (Å²) < 4.78 is 11.7. The van der Waals surface area contributed by atoms with E-state index in [1.165, 1.54) is 0 Å². The number of carbonyl (C=O) groups excluding carboxylic acids is 1. The maximum Gasteiger partial charge on any atom is 0.227 e. The maximum atomic E-state index is 13.6. The van der Waals surface area contributed by atoms with E-state index < -0.39 is 0 Å². The van der Waals surface area contributed by atoms with Crippen LogP contribution in [0.1, 0.15) is 30.4 Å². The third-order valence-electron chi connectivity index (χ3n) is 7.77. The standard InChI is InChI=1S/C34H37N5O3/c40-33-11-4-5-18-42-29-10-6-9-26(23-29)30-14-15-35-34(38-30)37-28-12-13-32(39-16-19-41-20-17-39)27(22-28)24-36-31(33)21-25-7-2-1-3-8-25/h1-3,6-10,12-15,22-23,31,36H,4-5,11,16-21,24H2,(H,35,37,38)/t31-/m0/s1. The summed E-state index contributed by atoms with van der Waals surface area (Å²) in [6, 6.07) is 26.1. The zero-order chi connectivity index (χ0) is 28.6. The highest BCUT2D eigenvalue weighted by atomic mass is 16.5. The van der Waals surface area contributed by atoms with Crippen molar-refractivity contribution in [3.8, 4) is 17.0 Å². The van der Waals surface area contributed by atoms with Crippen LogP contribution in [0.2, 0.25) is 0 Å². The monoisotopic (exact) mass is 563 g/mol. The van der Waals surface area contributed by atoms with Gasteiger partial charge >= 0.3 is 0 Å². The molecule has 0 unspecified atom stereocenters. The van der Waals surface area contributed by atoms with Gasteiger partial charge in [0.2, 0.25) is 5.95 Å². The fraction of sp³-hybridized carbons (Fsp3) is 0.324. The molecule has 2 aliphatic heterocycles. The van der Waals surface area contributed by atoms with Crippen molar-refractivity contribution in [1.82, 2.24) is 15.3 Å². The summed E-state index contributed by atoms with van der Waals surface area (Å²) in [6.45, 7) is 4.18. The smallest absolute Gasteiger partial charge is 0.227 e. The number of benzene rings is 3. The number of aromatic nitrogens is 2. The third-order valence-corrected chi connectivity index (χ3v) is 7.77. The van der Waals surface area contributed by atoms with Crippen molar-refractivity contribution in [2.45, 2.75) is 38.3 Å². The molecule has 0 aliphatic carbocycles. The Morgan fingerprint density at radius 3 is 2.67 bits per heavy atom. The Labute approximate surface area is 247 Å². The number of nitrogens with zero attached hydrogens (tertiary/aromatic N) is 3. The molecule has 1 atom stereocenters. The van der Waals surface area contributed by atoms with Gasteiger partial charge in [0.1, 0.15) is 11.5 Å². The molecule has 8 nitrogen and oxygen atoms in total. The highest BCUT2D eigenvalue weighted by molar-refractivity contribution is 5.84. The van der Waals surface area contributed by atoms with E-state index in [9.17, 15) is 4.79 Å². The molecule has 4 aromatic rings. The molecule has 216 valence electrons. The topological polar surface area (TPSA) is 88.6 Å². The van der Waals surface area contributed by atoms with E-state index in [2.05, 4.69) is 50.8 Å². The molecule has 0 saturated carbocycles. The number of fused-ring (bicyclic) bond motifs is 7. The average Bonchev–Trinajstić information content (AvgIpc) is 3.04. The number of morpholine rings is 1. The van der Waals surface area contributed by atoms with Gasteiger partial charge < -0.3 is 25.0 Å². The number of ether oxygens (including phenoxy) is 2. The summed E-state index contributed by atoms with van der Waals surface area (Å²) >= 11 is 0. The van der Waals surface area contributed by atoms with Crippen LogP contribution in [0.5, 0.6) is 5.75 Å². The first-order valence-corrected chi connectivity index (χ1v) is 14.8. The van der Waals surface area contributed by atoms with Crippen LogP contribution >= 0.6 is 0 Å². The summed E-state index contributed by atoms with van der Waals surface area (Å²) in [6.07, 6.45) is 4.50. The van der Waals surface area contributed by atoms with E-state index in [1.807, 2.05) is 48.5 Å². The van der Waals surface area contributed by atoms with E-state index in [1.54, 1.807) is 6.20 Å². The largest absolute Gasteiger partial charge is 0.494 e. The van der Waals surface area contributed by atoms with Gasteiger partial charge in [0.25, 0.3) is 0 Å². The van der Waals surface area contributed by atoms with E-state index in [0.29, 0.717) is 45.2 Å². The van der Waals surface area contributed by atoms with Crippen LogP contribution in [-0.2, 0) is 22.5 Å². The maximum absolute atomic E-state index is 13.6. The van der Waals surface area contributed by atoms with E-state index in [4.69, 9.17) is 14.5 Å². The minimum atomic E-state index is -0.291. The molecule has 0 radical (unpaired) electrons. The number of hydrogen-bond donors (Lipinski definition) is 2. The highest BCUT2D eigenvalue weighted by Gasteiger charge is 2.21. The van der Waals surface area contributed by atoms with Crippen molar-refractivity contribution in [2.75, 3.05) is 43.1 Å². The first-order chi connectivity index (χ1) is 20.7. The van der Waals surface area contributed by atoms with Crippen molar-refractivity contribution in [3.63, 3.8) is 0 Å². The summed E-state index contributed by atoms with van der Waals surface area (Å²) in [5.41, 5.74) is 6.08. The fourth-order valence-corrected chi connectivity index (χ4v) is 5.52. The average molecular weight is 564 g/mol. The second-order valence-electron chi connectivity index (χ2n) is 10.8. The number of hydrogen-bond acceptors (Lipinski definition) is 8. The third kappa shape index (κ3) is 7.13. The molecule has 2 N–H and O–H groups in total. The highest BCUT2D eigenvalue weighted by Crippen LogP contribution is 2.28. The number of Topliss-reactive ketones (excluding diaryl/α,β-unsaturated/α-hetero) is 1. The van der Waals surface area contributed by atoms with Crippen LogP contribution in [0.25, 0.3) is 11.3 Å². The molecular formula is C34H37N5O3. The molecule has 1 aromatic heterocycles. The summed E-state index contributed by atoms with van der Waals surface area (Å²) in [4.78, 5) is 25.2. The van der Waals surface area contributed by atoms with Crippen LogP contribution in [0, 0.1) is 0 Å². The first-order valence-electron chi connectivity index (χ1n) is 14.8. The molecule has 3 heterocycles. The Morgan fingerprint density at radius 1 is 0.905 bits per heavy atom. The Kier molecular flexibility index (Phi) is 9.02.